The molecule has 0 heterocycles. The van der Waals surface area contributed by atoms with Crippen LogP contribution in [-0.4, -0.2) is 17.8 Å². The van der Waals surface area contributed by atoms with Gasteiger partial charge < -0.3 is 10.4 Å². The van der Waals surface area contributed by atoms with Crippen LogP contribution in [0.4, 0.5) is 0 Å². The van der Waals surface area contributed by atoms with Crippen LogP contribution in [0.1, 0.15) is 25.0 Å². The lowest BCUT2D eigenvalue weighted by Gasteiger charge is -2.15. The van der Waals surface area contributed by atoms with E-state index in [-0.39, 0.29) is 12.0 Å². The maximum absolute atomic E-state index is 9.58. The molecular weight excluding hydrogens is 200 g/mol. The Balaban J connectivity index is 2.35. The van der Waals surface area contributed by atoms with E-state index in [4.69, 9.17) is 5.26 Å². The third-order valence-electron chi connectivity index (χ3n) is 2.54. The summed E-state index contributed by atoms with van der Waals surface area (Å²) in [5, 5.41) is 21.4. The highest BCUT2D eigenvalue weighted by Crippen LogP contribution is 2.03. The van der Waals surface area contributed by atoms with Gasteiger partial charge in [0.05, 0.1) is 17.7 Å². The fourth-order valence-corrected chi connectivity index (χ4v) is 1.30. The molecular formula is C13H18N2O. The molecule has 1 atom stereocenters. The predicted octanol–water partition coefficient (Wildman–Crippen LogP) is 1.66. The van der Waals surface area contributed by atoms with Gasteiger partial charge in [-0.15, -0.1) is 0 Å². The Kier molecular flexibility index (Phi) is 4.97. The molecule has 0 aliphatic rings. The van der Waals surface area contributed by atoms with Crippen molar-refractivity contribution in [2.75, 3.05) is 6.54 Å². The lowest BCUT2D eigenvalue weighted by Crippen LogP contribution is -2.30. The van der Waals surface area contributed by atoms with E-state index in [9.17, 15) is 5.11 Å². The fourth-order valence-electron chi connectivity index (χ4n) is 1.30. The van der Waals surface area contributed by atoms with Gasteiger partial charge in [0.15, 0.2) is 0 Å². The number of aliphatic hydroxyl groups excluding tert-OH is 1. The molecule has 1 aromatic rings. The molecule has 0 saturated carbocycles. The Labute approximate surface area is 96.7 Å². The van der Waals surface area contributed by atoms with Crippen LogP contribution in [0.15, 0.2) is 24.3 Å². The Hall–Kier alpha value is -1.37. The van der Waals surface area contributed by atoms with E-state index < -0.39 is 0 Å². The first kappa shape index (κ1) is 12.7. The smallest absolute Gasteiger partial charge is 0.0991 e. The Morgan fingerprint density at radius 1 is 1.31 bits per heavy atom. The number of benzene rings is 1. The quantitative estimate of drug-likeness (QED) is 0.790. The molecule has 2 N–H and O–H groups in total. The van der Waals surface area contributed by atoms with Gasteiger partial charge in [0.25, 0.3) is 0 Å². The van der Waals surface area contributed by atoms with Crippen molar-refractivity contribution >= 4 is 0 Å². The molecule has 0 amide bonds. The fraction of sp³-hybridized carbons (Fsp3) is 0.462. The molecule has 1 aromatic carbocycles. The third-order valence-corrected chi connectivity index (χ3v) is 2.54. The van der Waals surface area contributed by atoms with Crippen molar-refractivity contribution in [3.8, 4) is 6.07 Å². The number of aliphatic hydroxyl groups is 1. The van der Waals surface area contributed by atoms with Crippen LogP contribution in [0, 0.1) is 17.2 Å². The van der Waals surface area contributed by atoms with Gasteiger partial charge in [0, 0.05) is 13.1 Å². The van der Waals surface area contributed by atoms with E-state index in [1.807, 2.05) is 26.0 Å². The van der Waals surface area contributed by atoms with Gasteiger partial charge in [-0.25, -0.2) is 0 Å². The second-order valence-corrected chi connectivity index (χ2v) is 4.25. The number of hydrogen-bond acceptors (Lipinski definition) is 3. The zero-order chi connectivity index (χ0) is 12.0. The molecule has 0 bridgehead atoms. The molecule has 0 saturated heterocycles. The van der Waals surface area contributed by atoms with Gasteiger partial charge >= 0.3 is 0 Å². The van der Waals surface area contributed by atoms with E-state index in [1.54, 1.807) is 12.1 Å². The van der Waals surface area contributed by atoms with Gasteiger partial charge in [0.2, 0.25) is 0 Å². The van der Waals surface area contributed by atoms with E-state index in [1.165, 1.54) is 0 Å². The van der Waals surface area contributed by atoms with Crippen molar-refractivity contribution in [2.45, 2.75) is 26.5 Å². The first-order chi connectivity index (χ1) is 7.63. The molecule has 0 fully saturated rings. The van der Waals surface area contributed by atoms with E-state index in [0.717, 1.165) is 12.1 Å². The van der Waals surface area contributed by atoms with Crippen LogP contribution in [-0.2, 0) is 6.54 Å². The number of hydrogen-bond donors (Lipinski definition) is 2. The summed E-state index contributed by atoms with van der Waals surface area (Å²) in [5.74, 6) is 0.272. The van der Waals surface area contributed by atoms with Crippen LogP contribution in [0.25, 0.3) is 0 Å². The molecule has 0 aromatic heterocycles. The van der Waals surface area contributed by atoms with Crippen LogP contribution >= 0.6 is 0 Å². The first-order valence-electron chi connectivity index (χ1n) is 5.51. The number of nitrogens with one attached hydrogen (secondary N) is 1. The van der Waals surface area contributed by atoms with E-state index in [2.05, 4.69) is 11.4 Å². The third kappa shape index (κ3) is 4.01. The summed E-state index contributed by atoms with van der Waals surface area (Å²) in [6.45, 7) is 5.30. The minimum absolute atomic E-state index is 0.272. The summed E-state index contributed by atoms with van der Waals surface area (Å²) in [5.41, 5.74) is 1.79. The van der Waals surface area contributed by atoms with Gasteiger partial charge in [-0.1, -0.05) is 26.0 Å². The monoisotopic (exact) mass is 218 g/mol. The number of rotatable bonds is 5. The summed E-state index contributed by atoms with van der Waals surface area (Å²) in [6, 6.07) is 9.53. The zero-order valence-electron chi connectivity index (χ0n) is 9.77. The lowest BCUT2D eigenvalue weighted by atomic mass is 10.1. The molecule has 0 spiro atoms. The number of nitriles is 1. The highest BCUT2D eigenvalue weighted by atomic mass is 16.3. The molecule has 1 unspecified atom stereocenters. The first-order valence-corrected chi connectivity index (χ1v) is 5.51. The van der Waals surface area contributed by atoms with Crippen molar-refractivity contribution in [2.24, 2.45) is 5.92 Å². The summed E-state index contributed by atoms with van der Waals surface area (Å²) in [4.78, 5) is 0. The second kappa shape index (κ2) is 6.26. The molecule has 0 aliphatic carbocycles. The van der Waals surface area contributed by atoms with Crippen LogP contribution < -0.4 is 5.32 Å². The SMILES string of the molecule is CC(C)C(O)CNCc1ccc(C#N)cc1. The summed E-state index contributed by atoms with van der Waals surface area (Å²) in [7, 11) is 0. The molecule has 0 aliphatic heterocycles. The maximum atomic E-state index is 9.58. The van der Waals surface area contributed by atoms with Gasteiger partial charge in [0.1, 0.15) is 0 Å². The van der Waals surface area contributed by atoms with Crippen molar-refractivity contribution < 1.29 is 5.11 Å². The van der Waals surface area contributed by atoms with Crippen molar-refractivity contribution in [1.82, 2.24) is 5.32 Å². The minimum Gasteiger partial charge on any atom is -0.392 e. The molecule has 3 nitrogen and oxygen atoms in total. The molecule has 16 heavy (non-hydrogen) atoms. The molecule has 86 valence electrons. The van der Waals surface area contributed by atoms with E-state index >= 15 is 0 Å². The van der Waals surface area contributed by atoms with Crippen LogP contribution in [0.3, 0.4) is 0 Å². The Bertz CT molecular complexity index is 351. The molecule has 0 radical (unpaired) electrons. The second-order valence-electron chi connectivity index (χ2n) is 4.25. The highest BCUT2D eigenvalue weighted by Gasteiger charge is 2.07. The normalized spacial score (nSPS) is 12.4. The van der Waals surface area contributed by atoms with Crippen LogP contribution in [0.5, 0.6) is 0 Å². The van der Waals surface area contributed by atoms with Crippen molar-refractivity contribution in [3.63, 3.8) is 0 Å². The van der Waals surface area contributed by atoms with Crippen molar-refractivity contribution in [3.05, 3.63) is 35.4 Å². The minimum atomic E-state index is -0.307. The topological polar surface area (TPSA) is 56.0 Å². The summed E-state index contributed by atoms with van der Waals surface area (Å²) < 4.78 is 0. The Morgan fingerprint density at radius 3 is 2.44 bits per heavy atom. The highest BCUT2D eigenvalue weighted by molar-refractivity contribution is 5.31. The standard InChI is InChI=1S/C13H18N2O/c1-10(2)13(16)9-15-8-12-5-3-11(7-14)4-6-12/h3-6,10,13,15-16H,8-9H2,1-2H3. The van der Waals surface area contributed by atoms with Crippen molar-refractivity contribution in [1.29, 1.82) is 5.26 Å². The molecule has 1 rings (SSSR count). The molecule has 3 heteroatoms. The maximum Gasteiger partial charge on any atom is 0.0991 e. The predicted molar refractivity (Wildman–Crippen MR) is 63.7 cm³/mol. The van der Waals surface area contributed by atoms with Gasteiger partial charge in [-0.3, -0.25) is 0 Å². The van der Waals surface area contributed by atoms with E-state index in [0.29, 0.717) is 12.1 Å². The van der Waals surface area contributed by atoms with Crippen LogP contribution in [0.2, 0.25) is 0 Å². The summed E-state index contributed by atoms with van der Waals surface area (Å²) in [6.07, 6.45) is -0.307. The zero-order valence-corrected chi connectivity index (χ0v) is 9.77. The Morgan fingerprint density at radius 2 is 1.94 bits per heavy atom. The average molecular weight is 218 g/mol. The lowest BCUT2D eigenvalue weighted by molar-refractivity contribution is 0.123. The number of nitrogens with zero attached hydrogens (tertiary/aromatic N) is 1. The summed E-state index contributed by atoms with van der Waals surface area (Å²) >= 11 is 0. The average Bonchev–Trinajstić information content (AvgIpc) is 2.29. The largest absolute Gasteiger partial charge is 0.392 e. The van der Waals surface area contributed by atoms with Gasteiger partial charge in [-0.2, -0.15) is 5.26 Å². The van der Waals surface area contributed by atoms with Gasteiger partial charge in [-0.05, 0) is 23.6 Å².